The molecule has 1 aromatic heterocycles. The van der Waals surface area contributed by atoms with E-state index in [4.69, 9.17) is 20.2 Å². The van der Waals surface area contributed by atoms with Gasteiger partial charge in [0.2, 0.25) is 0 Å². The Hall–Kier alpha value is -2.27. The molecule has 0 unspecified atom stereocenters. The standard InChI is InChI=1S/C20H21ClN2O6S2/c1-13-4-6-18(28-3)19(10-13)31(26,27)23-16-5-7-17-15(12-22(2)8-9-29-17)14(16)11-20(23)30(21,24)25/h4-7,10-11H,8-9,12H2,1-3H3. The zero-order valence-electron chi connectivity index (χ0n) is 17.1. The van der Waals surface area contributed by atoms with Crippen LogP contribution in [-0.2, 0) is 25.6 Å². The predicted molar refractivity (Wildman–Crippen MR) is 117 cm³/mol. The van der Waals surface area contributed by atoms with Crippen molar-refractivity contribution < 1.29 is 26.3 Å². The zero-order chi connectivity index (χ0) is 22.6. The van der Waals surface area contributed by atoms with E-state index in [0.717, 1.165) is 3.97 Å². The second kappa shape index (κ2) is 7.70. The predicted octanol–water partition coefficient (Wildman–Crippen LogP) is 2.95. The van der Waals surface area contributed by atoms with Crippen LogP contribution in [0.1, 0.15) is 11.1 Å². The highest BCUT2D eigenvalue weighted by Crippen LogP contribution is 2.38. The molecule has 0 aliphatic carbocycles. The van der Waals surface area contributed by atoms with Gasteiger partial charge in [0.25, 0.3) is 19.1 Å². The molecule has 0 atom stereocenters. The van der Waals surface area contributed by atoms with Crippen molar-refractivity contribution in [2.75, 3.05) is 27.3 Å². The number of likely N-dealkylation sites (N-methyl/N-ethyl adjacent to an activating group) is 1. The van der Waals surface area contributed by atoms with Gasteiger partial charge in [-0.05, 0) is 49.9 Å². The molecule has 4 rings (SSSR count). The third-order valence-electron chi connectivity index (χ3n) is 5.22. The Kier molecular flexibility index (Phi) is 5.45. The van der Waals surface area contributed by atoms with Gasteiger partial charge in [0, 0.05) is 34.7 Å². The van der Waals surface area contributed by atoms with E-state index >= 15 is 0 Å². The van der Waals surface area contributed by atoms with Crippen molar-refractivity contribution in [3.8, 4) is 11.5 Å². The van der Waals surface area contributed by atoms with Crippen LogP contribution in [0.3, 0.4) is 0 Å². The Labute approximate surface area is 185 Å². The van der Waals surface area contributed by atoms with E-state index < -0.39 is 24.1 Å². The van der Waals surface area contributed by atoms with E-state index in [-0.39, 0.29) is 16.2 Å². The van der Waals surface area contributed by atoms with Crippen molar-refractivity contribution in [1.29, 1.82) is 0 Å². The Morgan fingerprint density at radius 1 is 1.10 bits per heavy atom. The maximum Gasteiger partial charge on any atom is 0.277 e. The fraction of sp³-hybridized carbons (Fsp3) is 0.300. The number of halogens is 1. The van der Waals surface area contributed by atoms with Gasteiger partial charge >= 0.3 is 0 Å². The monoisotopic (exact) mass is 484 g/mol. The summed E-state index contributed by atoms with van der Waals surface area (Å²) in [7, 11) is 0.166. The fourth-order valence-corrected chi connectivity index (χ4v) is 6.98. The summed E-state index contributed by atoms with van der Waals surface area (Å²) in [6.45, 7) is 3.34. The highest BCUT2D eigenvalue weighted by atomic mass is 35.7. The second-order valence-corrected chi connectivity index (χ2v) is 11.7. The first-order valence-corrected chi connectivity index (χ1v) is 13.1. The zero-order valence-corrected chi connectivity index (χ0v) is 19.5. The maximum atomic E-state index is 13.7. The van der Waals surface area contributed by atoms with Gasteiger partial charge < -0.3 is 9.47 Å². The van der Waals surface area contributed by atoms with Crippen LogP contribution in [-0.4, -0.2) is 53.0 Å². The third-order valence-corrected chi connectivity index (χ3v) is 8.36. The summed E-state index contributed by atoms with van der Waals surface area (Å²) in [5.41, 5.74) is 1.57. The second-order valence-electron chi connectivity index (χ2n) is 7.41. The van der Waals surface area contributed by atoms with E-state index in [1.807, 2.05) is 11.9 Å². The summed E-state index contributed by atoms with van der Waals surface area (Å²) in [6.07, 6.45) is 0. The maximum absolute atomic E-state index is 13.7. The SMILES string of the molecule is COc1ccc(C)cc1S(=O)(=O)n1c(S(=O)(=O)Cl)cc2c3c(ccc21)OCCN(C)C3. The minimum atomic E-state index is -4.40. The number of benzene rings is 2. The molecule has 0 saturated heterocycles. The number of ether oxygens (including phenoxy) is 2. The van der Waals surface area contributed by atoms with Gasteiger partial charge in [-0.25, -0.2) is 20.8 Å². The topological polar surface area (TPSA) is 94.9 Å². The molecule has 1 aliphatic heterocycles. The fourth-order valence-electron chi connectivity index (χ4n) is 3.73. The van der Waals surface area contributed by atoms with Crippen molar-refractivity contribution in [3.05, 3.63) is 47.5 Å². The minimum absolute atomic E-state index is 0.100. The smallest absolute Gasteiger partial charge is 0.277 e. The van der Waals surface area contributed by atoms with E-state index in [1.54, 1.807) is 19.1 Å². The Balaban J connectivity index is 2.10. The molecule has 2 heterocycles. The molecule has 0 fully saturated rings. The number of aromatic nitrogens is 1. The first-order valence-electron chi connectivity index (χ1n) is 9.37. The molecular formula is C20H21ClN2O6S2. The third kappa shape index (κ3) is 3.78. The van der Waals surface area contributed by atoms with E-state index in [1.165, 1.54) is 31.4 Å². The van der Waals surface area contributed by atoms with Gasteiger partial charge in [-0.3, -0.25) is 4.90 Å². The lowest BCUT2D eigenvalue weighted by molar-refractivity contribution is 0.259. The van der Waals surface area contributed by atoms with Crippen LogP contribution in [0, 0.1) is 6.92 Å². The van der Waals surface area contributed by atoms with Gasteiger partial charge in [-0.2, -0.15) is 0 Å². The van der Waals surface area contributed by atoms with E-state index in [2.05, 4.69) is 0 Å². The van der Waals surface area contributed by atoms with Gasteiger partial charge in [0.1, 0.15) is 23.0 Å². The molecule has 0 radical (unpaired) electrons. The van der Waals surface area contributed by atoms with Crippen LogP contribution in [0.15, 0.2) is 46.3 Å². The Morgan fingerprint density at radius 2 is 1.84 bits per heavy atom. The largest absolute Gasteiger partial charge is 0.495 e. The quantitative estimate of drug-likeness (QED) is 0.525. The number of methoxy groups -OCH3 is 1. The van der Waals surface area contributed by atoms with Crippen LogP contribution in [0.5, 0.6) is 11.5 Å². The molecule has 0 saturated carbocycles. The lowest BCUT2D eigenvalue weighted by Crippen LogP contribution is -2.20. The summed E-state index contributed by atoms with van der Waals surface area (Å²) in [4.78, 5) is 1.85. The normalized spacial score (nSPS) is 15.4. The molecule has 8 nitrogen and oxygen atoms in total. The summed E-state index contributed by atoms with van der Waals surface area (Å²) >= 11 is 0. The van der Waals surface area contributed by atoms with Crippen molar-refractivity contribution in [1.82, 2.24) is 8.87 Å². The molecular weight excluding hydrogens is 464 g/mol. The molecule has 11 heteroatoms. The summed E-state index contributed by atoms with van der Waals surface area (Å²) in [5, 5.41) is -0.0892. The highest BCUT2D eigenvalue weighted by Gasteiger charge is 2.32. The molecule has 2 aromatic carbocycles. The minimum Gasteiger partial charge on any atom is -0.495 e. The average Bonchev–Trinajstić information content (AvgIpc) is 3.01. The van der Waals surface area contributed by atoms with Crippen molar-refractivity contribution in [2.24, 2.45) is 0 Å². The van der Waals surface area contributed by atoms with E-state index in [0.29, 0.717) is 42.0 Å². The van der Waals surface area contributed by atoms with Gasteiger partial charge in [0.05, 0.1) is 12.6 Å². The first kappa shape index (κ1) is 21.9. The summed E-state index contributed by atoms with van der Waals surface area (Å²) < 4.78 is 64.1. The Bertz CT molecular complexity index is 1400. The van der Waals surface area contributed by atoms with Gasteiger partial charge in [-0.1, -0.05) is 6.07 Å². The van der Waals surface area contributed by atoms with Crippen LogP contribution < -0.4 is 9.47 Å². The van der Waals surface area contributed by atoms with E-state index in [9.17, 15) is 16.8 Å². The number of nitrogens with zero attached hydrogens (tertiary/aromatic N) is 2. The number of hydrogen-bond acceptors (Lipinski definition) is 7. The van der Waals surface area contributed by atoms with Crippen molar-refractivity contribution in [2.45, 2.75) is 23.4 Å². The molecule has 0 bridgehead atoms. The molecule has 166 valence electrons. The molecule has 1 aliphatic rings. The van der Waals surface area contributed by atoms with Crippen LogP contribution in [0.25, 0.3) is 10.9 Å². The lowest BCUT2D eigenvalue weighted by Gasteiger charge is -2.15. The average molecular weight is 485 g/mol. The molecule has 0 N–H and O–H groups in total. The molecule has 0 amide bonds. The van der Waals surface area contributed by atoms with Crippen LogP contribution >= 0.6 is 10.7 Å². The van der Waals surface area contributed by atoms with Crippen LogP contribution in [0.2, 0.25) is 0 Å². The number of fused-ring (bicyclic) bond motifs is 3. The molecule has 0 spiro atoms. The summed E-state index contributed by atoms with van der Waals surface area (Å²) in [6, 6.07) is 9.14. The first-order chi connectivity index (χ1) is 14.5. The molecule has 31 heavy (non-hydrogen) atoms. The number of hydrogen-bond donors (Lipinski definition) is 0. The van der Waals surface area contributed by atoms with Crippen molar-refractivity contribution >= 4 is 40.7 Å². The van der Waals surface area contributed by atoms with Gasteiger partial charge in [0.15, 0.2) is 5.03 Å². The lowest BCUT2D eigenvalue weighted by atomic mass is 10.1. The number of rotatable bonds is 4. The Morgan fingerprint density at radius 3 is 2.52 bits per heavy atom. The van der Waals surface area contributed by atoms with Gasteiger partial charge in [-0.15, -0.1) is 0 Å². The summed E-state index contributed by atoms with van der Waals surface area (Å²) in [5.74, 6) is 0.682. The highest BCUT2D eigenvalue weighted by molar-refractivity contribution is 8.14. The number of aryl methyl sites for hydroxylation is 1. The molecule has 3 aromatic rings. The van der Waals surface area contributed by atoms with Crippen LogP contribution in [0.4, 0.5) is 0 Å². The van der Waals surface area contributed by atoms with Crippen molar-refractivity contribution in [3.63, 3.8) is 0 Å².